The van der Waals surface area contributed by atoms with Crippen molar-refractivity contribution in [3.8, 4) is 11.1 Å². The standard InChI is InChI=1S/C26H32N2O5/c1-16(2)12-18(14-27-25(31)17(3)13-24(29)30)28-26(32)33-15-23-21-10-6-4-8-19(21)20-9-5-7-11-22(20)23/h4-11,16-18,23H,12-15H2,1-3H3,(H,27,31)(H,28,32)(H,29,30)/t17-,18-/m0/s1. The molecule has 1 aliphatic rings. The lowest BCUT2D eigenvalue weighted by Crippen LogP contribution is -2.46. The van der Waals surface area contributed by atoms with Crippen LogP contribution in [0.15, 0.2) is 48.5 Å². The average molecular weight is 453 g/mol. The summed E-state index contributed by atoms with van der Waals surface area (Å²) in [5, 5.41) is 14.5. The molecule has 0 bridgehead atoms. The Balaban J connectivity index is 1.58. The van der Waals surface area contributed by atoms with Crippen molar-refractivity contribution in [3.05, 3.63) is 59.7 Å². The maximum absolute atomic E-state index is 12.6. The zero-order valence-electron chi connectivity index (χ0n) is 19.3. The molecule has 7 heteroatoms. The van der Waals surface area contributed by atoms with E-state index in [1.165, 1.54) is 0 Å². The van der Waals surface area contributed by atoms with E-state index >= 15 is 0 Å². The van der Waals surface area contributed by atoms with Crippen molar-refractivity contribution >= 4 is 18.0 Å². The van der Waals surface area contributed by atoms with E-state index in [4.69, 9.17) is 9.84 Å². The number of carbonyl (C=O) groups excluding carboxylic acids is 2. The van der Waals surface area contributed by atoms with E-state index in [0.717, 1.165) is 22.3 Å². The van der Waals surface area contributed by atoms with Crippen LogP contribution < -0.4 is 10.6 Å². The number of amides is 2. The van der Waals surface area contributed by atoms with Crippen LogP contribution in [0.1, 0.15) is 50.7 Å². The first-order chi connectivity index (χ1) is 15.8. The Morgan fingerprint density at radius 1 is 0.970 bits per heavy atom. The number of nitrogens with one attached hydrogen (secondary N) is 2. The molecule has 2 amide bonds. The molecule has 33 heavy (non-hydrogen) atoms. The van der Waals surface area contributed by atoms with Gasteiger partial charge >= 0.3 is 12.1 Å². The minimum absolute atomic E-state index is 0.0248. The van der Waals surface area contributed by atoms with E-state index in [1.807, 2.05) is 38.1 Å². The first-order valence-electron chi connectivity index (χ1n) is 11.4. The third-order valence-corrected chi connectivity index (χ3v) is 5.87. The van der Waals surface area contributed by atoms with Crippen LogP contribution in [0.3, 0.4) is 0 Å². The number of alkyl carbamates (subject to hydrolysis) is 1. The SMILES string of the molecule is CC(C)C[C@@H](CNC(=O)[C@@H](C)CC(=O)O)NC(=O)OCC1c2ccccc2-c2ccccc21. The molecular formula is C26H32N2O5. The number of aliphatic carboxylic acids is 1. The van der Waals surface area contributed by atoms with E-state index in [0.29, 0.717) is 6.42 Å². The second-order valence-electron chi connectivity index (χ2n) is 9.04. The summed E-state index contributed by atoms with van der Waals surface area (Å²) < 4.78 is 5.62. The van der Waals surface area contributed by atoms with Crippen LogP contribution in [0.25, 0.3) is 11.1 Å². The van der Waals surface area contributed by atoms with Crippen molar-refractivity contribution in [2.75, 3.05) is 13.2 Å². The van der Waals surface area contributed by atoms with Gasteiger partial charge in [0.2, 0.25) is 5.91 Å². The maximum atomic E-state index is 12.6. The Kier molecular flexibility index (Phi) is 8.09. The van der Waals surface area contributed by atoms with Gasteiger partial charge in [0.05, 0.1) is 6.42 Å². The van der Waals surface area contributed by atoms with E-state index < -0.39 is 18.0 Å². The fourth-order valence-corrected chi connectivity index (χ4v) is 4.32. The lowest BCUT2D eigenvalue weighted by atomic mass is 9.98. The number of ether oxygens (including phenoxy) is 1. The molecule has 0 aromatic heterocycles. The smallest absolute Gasteiger partial charge is 0.407 e. The minimum Gasteiger partial charge on any atom is -0.481 e. The predicted octanol–water partition coefficient (Wildman–Crippen LogP) is 4.17. The minimum atomic E-state index is -1.02. The van der Waals surface area contributed by atoms with Crippen LogP contribution in [0, 0.1) is 11.8 Å². The number of hydrogen-bond donors (Lipinski definition) is 3. The molecule has 0 spiro atoms. The Hall–Kier alpha value is -3.35. The summed E-state index contributed by atoms with van der Waals surface area (Å²) in [5.74, 6) is -1.74. The normalized spacial score (nSPS) is 14.2. The van der Waals surface area contributed by atoms with E-state index in [1.54, 1.807) is 6.92 Å². The molecule has 2 aromatic carbocycles. The van der Waals surface area contributed by atoms with Crippen molar-refractivity contribution in [2.45, 2.75) is 45.6 Å². The van der Waals surface area contributed by atoms with Crippen molar-refractivity contribution < 1.29 is 24.2 Å². The highest BCUT2D eigenvalue weighted by molar-refractivity contribution is 5.83. The number of carbonyl (C=O) groups is 3. The molecule has 3 rings (SSSR count). The molecule has 176 valence electrons. The zero-order chi connectivity index (χ0) is 24.0. The fraction of sp³-hybridized carbons (Fsp3) is 0.423. The van der Waals surface area contributed by atoms with Gasteiger partial charge in [-0.25, -0.2) is 4.79 Å². The van der Waals surface area contributed by atoms with Crippen LogP contribution in [0.2, 0.25) is 0 Å². The number of benzene rings is 2. The average Bonchev–Trinajstić information content (AvgIpc) is 3.08. The van der Waals surface area contributed by atoms with Crippen molar-refractivity contribution in [3.63, 3.8) is 0 Å². The largest absolute Gasteiger partial charge is 0.481 e. The van der Waals surface area contributed by atoms with Crippen molar-refractivity contribution in [1.82, 2.24) is 10.6 Å². The third-order valence-electron chi connectivity index (χ3n) is 5.87. The number of fused-ring (bicyclic) bond motifs is 3. The number of carboxylic acids is 1. The molecule has 0 fully saturated rings. The van der Waals surface area contributed by atoms with Gasteiger partial charge in [0.1, 0.15) is 6.61 Å². The highest BCUT2D eigenvalue weighted by Crippen LogP contribution is 2.44. The predicted molar refractivity (Wildman–Crippen MR) is 126 cm³/mol. The van der Waals surface area contributed by atoms with Gasteiger partial charge in [0, 0.05) is 24.4 Å². The Labute approximate surface area is 194 Å². The van der Waals surface area contributed by atoms with Gasteiger partial charge in [-0.2, -0.15) is 0 Å². The van der Waals surface area contributed by atoms with Gasteiger partial charge in [-0.3, -0.25) is 9.59 Å². The van der Waals surface area contributed by atoms with Gasteiger partial charge < -0.3 is 20.5 Å². The first-order valence-corrected chi connectivity index (χ1v) is 11.4. The summed E-state index contributed by atoms with van der Waals surface area (Å²) >= 11 is 0. The van der Waals surface area contributed by atoms with Gasteiger partial charge in [0.15, 0.2) is 0 Å². The quantitative estimate of drug-likeness (QED) is 0.502. The summed E-state index contributed by atoms with van der Waals surface area (Å²) in [5.41, 5.74) is 4.62. The third kappa shape index (κ3) is 6.34. The molecule has 0 saturated carbocycles. The topological polar surface area (TPSA) is 105 Å². The van der Waals surface area contributed by atoms with E-state index in [2.05, 4.69) is 34.9 Å². The zero-order valence-corrected chi connectivity index (χ0v) is 19.3. The van der Waals surface area contributed by atoms with Crippen LogP contribution >= 0.6 is 0 Å². The van der Waals surface area contributed by atoms with Crippen LogP contribution in [0.5, 0.6) is 0 Å². The molecule has 0 saturated heterocycles. The van der Waals surface area contributed by atoms with Crippen LogP contribution in [-0.4, -0.2) is 42.3 Å². The molecule has 0 unspecified atom stereocenters. The summed E-state index contributed by atoms with van der Waals surface area (Å²) in [6, 6.07) is 16.0. The Bertz CT molecular complexity index is 958. The van der Waals surface area contributed by atoms with Crippen LogP contribution in [-0.2, 0) is 14.3 Å². The lowest BCUT2D eigenvalue weighted by molar-refractivity contribution is -0.140. The summed E-state index contributed by atoms with van der Waals surface area (Å²) in [6.45, 7) is 6.06. The number of carboxylic acid groups (broad SMARTS) is 1. The summed E-state index contributed by atoms with van der Waals surface area (Å²) in [6.07, 6.45) is -0.117. The summed E-state index contributed by atoms with van der Waals surface area (Å²) in [4.78, 5) is 35.6. The molecule has 7 nitrogen and oxygen atoms in total. The molecule has 0 heterocycles. The number of hydrogen-bond acceptors (Lipinski definition) is 4. The molecule has 0 aliphatic heterocycles. The molecule has 2 atom stereocenters. The molecule has 0 radical (unpaired) electrons. The van der Waals surface area contributed by atoms with Crippen LogP contribution in [0.4, 0.5) is 4.79 Å². The Morgan fingerprint density at radius 3 is 2.09 bits per heavy atom. The molecule has 1 aliphatic carbocycles. The Morgan fingerprint density at radius 2 is 1.55 bits per heavy atom. The summed E-state index contributed by atoms with van der Waals surface area (Å²) in [7, 11) is 0. The van der Waals surface area contributed by atoms with Crippen molar-refractivity contribution in [1.29, 1.82) is 0 Å². The van der Waals surface area contributed by atoms with E-state index in [9.17, 15) is 14.4 Å². The van der Waals surface area contributed by atoms with Gasteiger partial charge in [-0.05, 0) is 34.6 Å². The molecular weight excluding hydrogens is 420 g/mol. The highest BCUT2D eigenvalue weighted by Gasteiger charge is 2.29. The monoisotopic (exact) mass is 452 g/mol. The van der Waals surface area contributed by atoms with Gasteiger partial charge in [0.25, 0.3) is 0 Å². The van der Waals surface area contributed by atoms with E-state index in [-0.39, 0.29) is 43.4 Å². The molecule has 3 N–H and O–H groups in total. The van der Waals surface area contributed by atoms with Crippen molar-refractivity contribution in [2.24, 2.45) is 11.8 Å². The lowest BCUT2D eigenvalue weighted by Gasteiger charge is -2.22. The maximum Gasteiger partial charge on any atom is 0.407 e. The fourth-order valence-electron chi connectivity index (χ4n) is 4.32. The number of rotatable bonds is 10. The highest BCUT2D eigenvalue weighted by atomic mass is 16.5. The van der Waals surface area contributed by atoms with Gasteiger partial charge in [-0.15, -0.1) is 0 Å². The molecule has 2 aromatic rings. The second-order valence-corrected chi connectivity index (χ2v) is 9.04. The first kappa shape index (κ1) is 24.3. The van der Waals surface area contributed by atoms with Gasteiger partial charge in [-0.1, -0.05) is 69.3 Å². The second kappa shape index (κ2) is 11.0.